The molecule has 3 aromatic rings. The molecule has 3 rings (SSSR count). The first kappa shape index (κ1) is 13.4. The molecule has 1 aromatic carbocycles. The number of nitrogens with one attached hydrogen (secondary N) is 1. The number of fused-ring (bicyclic) bond motifs is 1. The lowest BCUT2D eigenvalue weighted by Crippen LogP contribution is -2.16. The zero-order chi connectivity index (χ0) is 14.8. The molecule has 6 nitrogen and oxygen atoms in total. The lowest BCUT2D eigenvalue weighted by Gasteiger charge is -2.03. The highest BCUT2D eigenvalue weighted by atomic mass is 32.2. The molecule has 0 aliphatic heterocycles. The predicted octanol–water partition coefficient (Wildman–Crippen LogP) is 2.51. The van der Waals surface area contributed by atoms with E-state index < -0.39 is 0 Å². The number of aryl methyl sites for hydroxylation is 1. The number of aromatic amines is 1. The molecule has 7 heteroatoms. The first-order valence-corrected chi connectivity index (χ1v) is 7.06. The van der Waals surface area contributed by atoms with E-state index in [9.17, 15) is 0 Å². The van der Waals surface area contributed by atoms with Crippen molar-refractivity contribution in [3.8, 4) is 0 Å². The SMILES string of the molecule is Cc1cc(/C(N)=N/O)nc(Sc2cc3ccccc3[nH]2)n1. The summed E-state index contributed by atoms with van der Waals surface area (Å²) < 4.78 is 0. The van der Waals surface area contributed by atoms with E-state index in [1.807, 2.05) is 37.3 Å². The Kier molecular flexibility index (Phi) is 3.49. The van der Waals surface area contributed by atoms with Gasteiger partial charge in [0.1, 0.15) is 5.69 Å². The van der Waals surface area contributed by atoms with Crippen LogP contribution in [0.2, 0.25) is 0 Å². The van der Waals surface area contributed by atoms with Crippen molar-refractivity contribution in [1.29, 1.82) is 0 Å². The molecule has 106 valence electrons. The molecule has 0 saturated carbocycles. The first-order chi connectivity index (χ1) is 10.2. The van der Waals surface area contributed by atoms with Crippen molar-refractivity contribution in [2.45, 2.75) is 17.1 Å². The number of aromatic nitrogens is 3. The molecule has 4 N–H and O–H groups in total. The maximum atomic E-state index is 8.74. The normalized spacial score (nSPS) is 12.0. The van der Waals surface area contributed by atoms with Crippen LogP contribution in [0.1, 0.15) is 11.4 Å². The highest BCUT2D eigenvalue weighted by Gasteiger charge is 2.09. The Labute approximate surface area is 125 Å². The lowest BCUT2D eigenvalue weighted by atomic mass is 10.3. The molecular formula is C14H13N5OS. The minimum absolute atomic E-state index is 0.0287. The van der Waals surface area contributed by atoms with Crippen molar-refractivity contribution < 1.29 is 5.21 Å². The number of hydrogen-bond donors (Lipinski definition) is 3. The van der Waals surface area contributed by atoms with Crippen LogP contribution in [0.4, 0.5) is 0 Å². The fourth-order valence-corrected chi connectivity index (χ4v) is 2.85. The highest BCUT2D eigenvalue weighted by molar-refractivity contribution is 7.99. The van der Waals surface area contributed by atoms with E-state index >= 15 is 0 Å². The Morgan fingerprint density at radius 2 is 2.10 bits per heavy atom. The van der Waals surface area contributed by atoms with Crippen molar-refractivity contribution in [2.24, 2.45) is 10.9 Å². The van der Waals surface area contributed by atoms with Gasteiger partial charge in [0.2, 0.25) is 0 Å². The average Bonchev–Trinajstić information content (AvgIpc) is 2.87. The number of rotatable bonds is 3. The predicted molar refractivity (Wildman–Crippen MR) is 81.7 cm³/mol. The molecule has 0 unspecified atom stereocenters. The van der Waals surface area contributed by atoms with Crippen LogP contribution < -0.4 is 5.73 Å². The molecular weight excluding hydrogens is 286 g/mol. The zero-order valence-electron chi connectivity index (χ0n) is 11.2. The van der Waals surface area contributed by atoms with Crippen molar-refractivity contribution in [1.82, 2.24) is 15.0 Å². The number of oxime groups is 1. The van der Waals surface area contributed by atoms with Gasteiger partial charge in [-0.05, 0) is 36.9 Å². The van der Waals surface area contributed by atoms with Crippen LogP contribution in [0.25, 0.3) is 10.9 Å². The summed E-state index contributed by atoms with van der Waals surface area (Å²) in [6.45, 7) is 1.84. The van der Waals surface area contributed by atoms with E-state index in [0.29, 0.717) is 10.9 Å². The number of H-pyrrole nitrogens is 1. The van der Waals surface area contributed by atoms with Crippen molar-refractivity contribution in [2.75, 3.05) is 0 Å². The van der Waals surface area contributed by atoms with Gasteiger partial charge in [-0.25, -0.2) is 9.97 Å². The van der Waals surface area contributed by atoms with Gasteiger partial charge in [-0.15, -0.1) is 0 Å². The number of amidine groups is 1. The Bertz CT molecular complexity index is 794. The molecule has 0 atom stereocenters. The van der Waals surface area contributed by atoms with Gasteiger partial charge >= 0.3 is 0 Å². The molecule has 0 saturated heterocycles. The van der Waals surface area contributed by atoms with Gasteiger partial charge < -0.3 is 15.9 Å². The molecule has 0 amide bonds. The monoisotopic (exact) mass is 299 g/mol. The standard InChI is InChI=1S/C14H13N5OS/c1-8-6-11(13(15)19-20)18-14(16-8)21-12-7-9-4-2-3-5-10(9)17-12/h2-7,17,20H,1H3,(H2,15,19). The summed E-state index contributed by atoms with van der Waals surface area (Å²) in [6.07, 6.45) is 0. The number of benzene rings is 1. The molecule has 0 radical (unpaired) electrons. The lowest BCUT2D eigenvalue weighted by molar-refractivity contribution is 0.318. The quantitative estimate of drug-likeness (QED) is 0.227. The summed E-state index contributed by atoms with van der Waals surface area (Å²) in [5.41, 5.74) is 7.80. The Morgan fingerprint density at radius 1 is 1.29 bits per heavy atom. The minimum Gasteiger partial charge on any atom is -0.409 e. The average molecular weight is 299 g/mol. The maximum absolute atomic E-state index is 8.74. The van der Waals surface area contributed by atoms with E-state index in [1.165, 1.54) is 11.8 Å². The molecule has 0 bridgehead atoms. The molecule has 2 heterocycles. The van der Waals surface area contributed by atoms with E-state index in [4.69, 9.17) is 10.9 Å². The van der Waals surface area contributed by atoms with Gasteiger partial charge in [-0.2, -0.15) is 0 Å². The topological polar surface area (TPSA) is 100 Å². The first-order valence-electron chi connectivity index (χ1n) is 6.25. The van der Waals surface area contributed by atoms with Gasteiger partial charge in [-0.1, -0.05) is 23.4 Å². The van der Waals surface area contributed by atoms with Gasteiger partial charge in [0, 0.05) is 16.6 Å². The van der Waals surface area contributed by atoms with E-state index in [-0.39, 0.29) is 5.84 Å². The number of para-hydroxylation sites is 1. The molecule has 0 fully saturated rings. The fourth-order valence-electron chi connectivity index (χ4n) is 1.97. The van der Waals surface area contributed by atoms with Crippen LogP contribution in [-0.2, 0) is 0 Å². The summed E-state index contributed by atoms with van der Waals surface area (Å²) >= 11 is 1.40. The third-order valence-corrected chi connectivity index (χ3v) is 3.72. The third kappa shape index (κ3) is 2.82. The summed E-state index contributed by atoms with van der Waals surface area (Å²) in [7, 11) is 0. The van der Waals surface area contributed by atoms with Crippen LogP contribution in [0, 0.1) is 6.92 Å². The second-order valence-electron chi connectivity index (χ2n) is 4.49. The number of hydrogen-bond acceptors (Lipinski definition) is 5. The fraction of sp³-hybridized carbons (Fsp3) is 0.0714. The molecule has 21 heavy (non-hydrogen) atoms. The second kappa shape index (κ2) is 5.45. The van der Waals surface area contributed by atoms with Crippen LogP contribution in [0.5, 0.6) is 0 Å². The number of nitrogens with zero attached hydrogens (tertiary/aromatic N) is 3. The highest BCUT2D eigenvalue weighted by Crippen LogP contribution is 2.27. The number of nitrogens with two attached hydrogens (primary N) is 1. The zero-order valence-corrected chi connectivity index (χ0v) is 12.1. The second-order valence-corrected chi connectivity index (χ2v) is 5.49. The summed E-state index contributed by atoms with van der Waals surface area (Å²) in [6, 6.07) is 11.7. The van der Waals surface area contributed by atoms with Gasteiger partial charge in [0.15, 0.2) is 11.0 Å². The molecule has 0 spiro atoms. The van der Waals surface area contributed by atoms with Crippen molar-refractivity contribution in [3.05, 3.63) is 47.8 Å². The van der Waals surface area contributed by atoms with Crippen LogP contribution >= 0.6 is 11.8 Å². The van der Waals surface area contributed by atoms with Crippen LogP contribution in [-0.4, -0.2) is 26.0 Å². The van der Waals surface area contributed by atoms with Crippen molar-refractivity contribution in [3.63, 3.8) is 0 Å². The van der Waals surface area contributed by atoms with Gasteiger partial charge in [0.05, 0.1) is 5.03 Å². The maximum Gasteiger partial charge on any atom is 0.194 e. The van der Waals surface area contributed by atoms with Gasteiger partial charge in [-0.3, -0.25) is 0 Å². The molecule has 0 aliphatic carbocycles. The Morgan fingerprint density at radius 3 is 2.86 bits per heavy atom. The summed E-state index contributed by atoms with van der Waals surface area (Å²) in [4.78, 5) is 11.9. The molecule has 0 aliphatic rings. The summed E-state index contributed by atoms with van der Waals surface area (Å²) in [5.74, 6) is -0.0287. The van der Waals surface area contributed by atoms with Gasteiger partial charge in [0.25, 0.3) is 0 Å². The summed E-state index contributed by atoms with van der Waals surface area (Å²) in [5, 5.41) is 14.3. The van der Waals surface area contributed by atoms with Crippen LogP contribution in [0.3, 0.4) is 0 Å². The Hall–Kier alpha value is -2.54. The smallest absolute Gasteiger partial charge is 0.194 e. The third-order valence-electron chi connectivity index (χ3n) is 2.91. The molecule has 2 aromatic heterocycles. The van der Waals surface area contributed by atoms with E-state index in [0.717, 1.165) is 21.6 Å². The van der Waals surface area contributed by atoms with E-state index in [2.05, 4.69) is 20.1 Å². The van der Waals surface area contributed by atoms with Crippen LogP contribution in [0.15, 0.2) is 51.7 Å². The largest absolute Gasteiger partial charge is 0.409 e. The minimum atomic E-state index is -0.0287. The van der Waals surface area contributed by atoms with Crippen molar-refractivity contribution >= 4 is 28.5 Å². The van der Waals surface area contributed by atoms with E-state index in [1.54, 1.807) is 6.07 Å². The Balaban J connectivity index is 1.95.